The summed E-state index contributed by atoms with van der Waals surface area (Å²) in [7, 11) is 0. The van der Waals surface area contributed by atoms with Crippen molar-refractivity contribution in [3.8, 4) is 0 Å². The van der Waals surface area contributed by atoms with Crippen molar-refractivity contribution in [3.05, 3.63) is 29.3 Å². The fourth-order valence-electron chi connectivity index (χ4n) is 2.37. The van der Waals surface area contributed by atoms with E-state index < -0.39 is 41.3 Å². The Morgan fingerprint density at radius 2 is 1.62 bits per heavy atom. The maximum Gasteiger partial charge on any atom is 0.416 e. The number of urea groups is 1. The van der Waals surface area contributed by atoms with Crippen LogP contribution in [0.15, 0.2) is 18.2 Å². The first-order valence-electron chi connectivity index (χ1n) is 7.00. The molecule has 2 rings (SSSR count). The number of anilines is 1. The van der Waals surface area contributed by atoms with Crippen molar-refractivity contribution in [2.45, 2.75) is 31.3 Å². The van der Waals surface area contributed by atoms with Crippen LogP contribution in [0.1, 0.15) is 24.0 Å². The fraction of sp³-hybridized carbons (Fsp3) is 0.500. The smallest absolute Gasteiger partial charge is 0.391 e. The third-order valence-electron chi connectivity index (χ3n) is 3.52. The Balaban J connectivity index is 2.27. The summed E-state index contributed by atoms with van der Waals surface area (Å²) in [6.07, 6.45) is -9.77. The van der Waals surface area contributed by atoms with Crippen LogP contribution in [0.3, 0.4) is 0 Å². The van der Waals surface area contributed by atoms with E-state index in [1.165, 1.54) is 0 Å². The van der Waals surface area contributed by atoms with Gasteiger partial charge in [-0.2, -0.15) is 26.3 Å². The number of piperidine rings is 1. The molecule has 0 radical (unpaired) electrons. The number of carbonyl (C=O) groups is 1. The van der Waals surface area contributed by atoms with Crippen molar-refractivity contribution >= 4 is 11.7 Å². The van der Waals surface area contributed by atoms with E-state index in [-0.39, 0.29) is 19.2 Å². The lowest BCUT2D eigenvalue weighted by Crippen LogP contribution is -2.44. The van der Waals surface area contributed by atoms with Gasteiger partial charge in [-0.3, -0.25) is 0 Å². The molecule has 1 atom stereocenters. The van der Waals surface area contributed by atoms with Gasteiger partial charge in [-0.1, -0.05) is 0 Å². The van der Waals surface area contributed by atoms with Crippen molar-refractivity contribution < 1.29 is 36.2 Å². The minimum atomic E-state index is -4.98. The first kappa shape index (κ1) is 18.4. The summed E-state index contributed by atoms with van der Waals surface area (Å²) in [6, 6.07) is 0.00243. The van der Waals surface area contributed by atoms with Gasteiger partial charge in [0.15, 0.2) is 0 Å². The number of benzene rings is 1. The van der Waals surface area contributed by atoms with Crippen LogP contribution in [0.5, 0.6) is 0 Å². The number of alkyl halides is 6. The summed E-state index contributed by atoms with van der Waals surface area (Å²) in [5, 5.41) is 11.5. The van der Waals surface area contributed by atoms with E-state index in [2.05, 4.69) is 0 Å². The number of β-amino-alcohol motifs (C(OH)–C–C–N with tert-alkyl or cyclic N) is 1. The van der Waals surface area contributed by atoms with Gasteiger partial charge in [0, 0.05) is 18.8 Å². The van der Waals surface area contributed by atoms with Gasteiger partial charge in [-0.05, 0) is 31.0 Å². The molecule has 24 heavy (non-hydrogen) atoms. The average molecular weight is 356 g/mol. The highest BCUT2D eigenvalue weighted by atomic mass is 19.4. The van der Waals surface area contributed by atoms with E-state index in [1.807, 2.05) is 5.32 Å². The molecule has 0 spiro atoms. The van der Waals surface area contributed by atoms with Crippen LogP contribution in [0, 0.1) is 0 Å². The maximum atomic E-state index is 12.8. The number of rotatable bonds is 1. The van der Waals surface area contributed by atoms with Crippen LogP contribution in [-0.2, 0) is 12.4 Å². The van der Waals surface area contributed by atoms with Gasteiger partial charge in [0.25, 0.3) is 0 Å². The average Bonchev–Trinajstić information content (AvgIpc) is 2.45. The summed E-state index contributed by atoms with van der Waals surface area (Å²) in [6.45, 7) is 0.227. The van der Waals surface area contributed by atoms with Crippen LogP contribution in [0.2, 0.25) is 0 Å². The van der Waals surface area contributed by atoms with Gasteiger partial charge in [0.1, 0.15) is 0 Å². The number of halogens is 6. The zero-order chi connectivity index (χ0) is 18.1. The lowest BCUT2D eigenvalue weighted by molar-refractivity contribution is -0.143. The molecule has 2 N–H and O–H groups in total. The Hall–Kier alpha value is -1.97. The third kappa shape index (κ3) is 4.53. The Morgan fingerprint density at radius 1 is 1.08 bits per heavy atom. The highest BCUT2D eigenvalue weighted by molar-refractivity contribution is 5.89. The third-order valence-corrected chi connectivity index (χ3v) is 3.52. The zero-order valence-electron chi connectivity index (χ0n) is 12.2. The van der Waals surface area contributed by atoms with Crippen LogP contribution in [0.25, 0.3) is 0 Å². The second-order valence-electron chi connectivity index (χ2n) is 5.47. The van der Waals surface area contributed by atoms with Crippen LogP contribution in [-0.4, -0.2) is 35.2 Å². The normalized spacial score (nSPS) is 19.3. The van der Waals surface area contributed by atoms with Gasteiger partial charge >= 0.3 is 18.4 Å². The molecule has 1 aliphatic rings. The molecule has 1 aliphatic heterocycles. The first-order valence-corrected chi connectivity index (χ1v) is 7.00. The molecular formula is C14H14F6N2O2. The standard InChI is InChI=1S/C14H14F6N2O2/c15-13(16,17)8-4-9(14(18,19)20)6-10(5-8)21-12(24)22-3-1-2-11(23)7-22/h4-6,11,23H,1-3,7H2,(H,21,24). The molecule has 10 heteroatoms. The molecule has 0 aliphatic carbocycles. The molecule has 4 nitrogen and oxygen atoms in total. The molecular weight excluding hydrogens is 342 g/mol. The predicted octanol–water partition coefficient (Wildman–Crippen LogP) is 3.71. The molecule has 0 aromatic heterocycles. The van der Waals surface area contributed by atoms with E-state index in [4.69, 9.17) is 0 Å². The summed E-state index contributed by atoms with van der Waals surface area (Å²) in [5.74, 6) is 0. The zero-order valence-corrected chi connectivity index (χ0v) is 12.2. The lowest BCUT2D eigenvalue weighted by atomic mass is 10.1. The van der Waals surface area contributed by atoms with Gasteiger partial charge < -0.3 is 15.3 Å². The monoisotopic (exact) mass is 356 g/mol. The van der Waals surface area contributed by atoms with Crippen molar-refractivity contribution in [3.63, 3.8) is 0 Å². The predicted molar refractivity (Wildman–Crippen MR) is 72.3 cm³/mol. The highest BCUT2D eigenvalue weighted by Crippen LogP contribution is 2.37. The summed E-state index contributed by atoms with van der Waals surface area (Å²) < 4.78 is 76.5. The Bertz CT molecular complexity index is 582. The minimum Gasteiger partial charge on any atom is -0.391 e. The Kier molecular flexibility index (Phi) is 4.97. The number of aliphatic hydroxyl groups is 1. The number of aliphatic hydroxyl groups excluding tert-OH is 1. The molecule has 0 bridgehead atoms. The Morgan fingerprint density at radius 3 is 2.08 bits per heavy atom. The van der Waals surface area contributed by atoms with Gasteiger partial charge in [-0.25, -0.2) is 4.79 Å². The summed E-state index contributed by atoms with van der Waals surface area (Å²) >= 11 is 0. The van der Waals surface area contributed by atoms with Gasteiger partial charge in [0.05, 0.1) is 17.2 Å². The summed E-state index contributed by atoms with van der Waals surface area (Å²) in [5.41, 5.74) is -3.63. The van der Waals surface area contributed by atoms with Crippen LogP contribution in [0.4, 0.5) is 36.8 Å². The molecule has 0 saturated carbocycles. The van der Waals surface area contributed by atoms with E-state index in [9.17, 15) is 36.2 Å². The lowest BCUT2D eigenvalue weighted by Gasteiger charge is -2.30. The Labute approximate surface area is 133 Å². The molecule has 1 heterocycles. The number of nitrogens with one attached hydrogen (secondary N) is 1. The number of likely N-dealkylation sites (tertiary alicyclic amines) is 1. The largest absolute Gasteiger partial charge is 0.416 e. The molecule has 134 valence electrons. The van der Waals surface area contributed by atoms with E-state index in [1.54, 1.807) is 0 Å². The SMILES string of the molecule is O=C(Nc1cc(C(F)(F)F)cc(C(F)(F)F)c1)N1CCCC(O)C1. The highest BCUT2D eigenvalue weighted by Gasteiger charge is 2.37. The van der Waals surface area contributed by atoms with E-state index in [0.717, 1.165) is 4.90 Å². The van der Waals surface area contributed by atoms with Gasteiger partial charge in [0.2, 0.25) is 0 Å². The van der Waals surface area contributed by atoms with Crippen LogP contribution < -0.4 is 5.32 Å². The first-order chi connectivity index (χ1) is 11.0. The molecule has 1 aromatic rings. The van der Waals surface area contributed by atoms with E-state index in [0.29, 0.717) is 25.0 Å². The topological polar surface area (TPSA) is 52.6 Å². The number of hydrogen-bond donors (Lipinski definition) is 2. The second-order valence-corrected chi connectivity index (χ2v) is 5.47. The number of nitrogens with zero attached hydrogens (tertiary/aromatic N) is 1. The number of amides is 2. The molecule has 1 fully saturated rings. The van der Waals surface area contributed by atoms with Gasteiger partial charge in [-0.15, -0.1) is 0 Å². The molecule has 2 amide bonds. The molecule has 1 saturated heterocycles. The number of hydrogen-bond acceptors (Lipinski definition) is 2. The van der Waals surface area contributed by atoms with Crippen molar-refractivity contribution in [1.82, 2.24) is 4.90 Å². The molecule has 1 aromatic carbocycles. The van der Waals surface area contributed by atoms with Crippen molar-refractivity contribution in [1.29, 1.82) is 0 Å². The molecule has 1 unspecified atom stereocenters. The fourth-order valence-corrected chi connectivity index (χ4v) is 2.37. The van der Waals surface area contributed by atoms with Crippen LogP contribution >= 0.6 is 0 Å². The number of carbonyl (C=O) groups excluding carboxylic acids is 1. The minimum absolute atomic E-state index is 0.0136. The quantitative estimate of drug-likeness (QED) is 0.754. The summed E-state index contributed by atoms with van der Waals surface area (Å²) in [4.78, 5) is 13.1. The maximum absolute atomic E-state index is 12.8. The van der Waals surface area contributed by atoms with E-state index >= 15 is 0 Å². The van der Waals surface area contributed by atoms with Crippen molar-refractivity contribution in [2.75, 3.05) is 18.4 Å². The second kappa shape index (κ2) is 6.50. The van der Waals surface area contributed by atoms with Crippen molar-refractivity contribution in [2.24, 2.45) is 0 Å².